The number of nitrogens with zero attached hydrogens (tertiary/aromatic N) is 3. The highest BCUT2D eigenvalue weighted by Gasteiger charge is 2.19. The van der Waals surface area contributed by atoms with E-state index < -0.39 is 0 Å². The van der Waals surface area contributed by atoms with Crippen molar-refractivity contribution < 1.29 is 9.53 Å². The Labute approximate surface area is 147 Å². The van der Waals surface area contributed by atoms with Gasteiger partial charge in [0.2, 0.25) is 0 Å². The first kappa shape index (κ1) is 16.8. The molecular weight excluding hydrogens is 326 g/mol. The number of hydrogen-bond donors (Lipinski definition) is 0. The second kappa shape index (κ2) is 7.71. The summed E-state index contributed by atoms with van der Waals surface area (Å²) in [6, 6.07) is 7.37. The van der Waals surface area contributed by atoms with E-state index in [9.17, 15) is 4.79 Å². The molecule has 0 saturated carbocycles. The first-order valence-corrected chi connectivity index (χ1v) is 8.73. The van der Waals surface area contributed by atoms with Crippen LogP contribution in [-0.4, -0.2) is 33.7 Å². The summed E-state index contributed by atoms with van der Waals surface area (Å²) in [4.78, 5) is 14.4. The maximum Gasteiger partial charge on any atom is 0.274 e. The van der Waals surface area contributed by atoms with Gasteiger partial charge in [-0.1, -0.05) is 30.5 Å². The van der Waals surface area contributed by atoms with Gasteiger partial charge in [-0.05, 0) is 43.5 Å². The van der Waals surface area contributed by atoms with Gasteiger partial charge in [0.1, 0.15) is 5.75 Å². The minimum atomic E-state index is 0.00392. The molecule has 0 bridgehead atoms. The molecule has 24 heavy (non-hydrogen) atoms. The fourth-order valence-electron chi connectivity index (χ4n) is 2.84. The number of hydrogen-bond acceptors (Lipinski definition) is 3. The largest absolute Gasteiger partial charge is 0.470 e. The second-order valence-corrected chi connectivity index (χ2v) is 6.56. The molecule has 1 aliphatic heterocycles. The number of carbonyl (C=O) groups is 1. The second-order valence-electron chi connectivity index (χ2n) is 6.15. The highest BCUT2D eigenvalue weighted by Crippen LogP contribution is 2.25. The lowest BCUT2D eigenvalue weighted by Gasteiger charge is -2.18. The van der Waals surface area contributed by atoms with Crippen molar-refractivity contribution in [2.45, 2.75) is 39.3 Å². The Hall–Kier alpha value is -2.01. The Morgan fingerprint density at radius 1 is 1.21 bits per heavy atom. The zero-order valence-electron chi connectivity index (χ0n) is 13.9. The topological polar surface area (TPSA) is 47.4 Å². The van der Waals surface area contributed by atoms with Crippen LogP contribution in [0, 0.1) is 6.92 Å². The van der Waals surface area contributed by atoms with Gasteiger partial charge in [0, 0.05) is 19.3 Å². The van der Waals surface area contributed by atoms with Crippen LogP contribution in [0.2, 0.25) is 5.02 Å². The average molecular weight is 348 g/mol. The number of benzene rings is 1. The molecular formula is C18H22ClN3O2. The van der Waals surface area contributed by atoms with Crippen LogP contribution in [0.5, 0.6) is 5.75 Å². The van der Waals surface area contributed by atoms with E-state index in [2.05, 4.69) is 5.10 Å². The zero-order chi connectivity index (χ0) is 16.9. The van der Waals surface area contributed by atoms with Gasteiger partial charge in [-0.2, -0.15) is 5.10 Å². The molecule has 1 amide bonds. The van der Waals surface area contributed by atoms with E-state index in [-0.39, 0.29) is 12.6 Å². The number of aromatic nitrogens is 2. The van der Waals surface area contributed by atoms with E-state index in [0.29, 0.717) is 16.5 Å². The van der Waals surface area contributed by atoms with Crippen LogP contribution in [0.3, 0.4) is 0 Å². The van der Waals surface area contributed by atoms with Gasteiger partial charge in [0.05, 0.1) is 5.02 Å². The molecule has 0 aliphatic carbocycles. The van der Waals surface area contributed by atoms with E-state index in [1.807, 2.05) is 30.0 Å². The predicted molar refractivity (Wildman–Crippen MR) is 93.4 cm³/mol. The number of ether oxygens (including phenoxy) is 1. The van der Waals surface area contributed by atoms with Crippen molar-refractivity contribution in [3.8, 4) is 5.75 Å². The quantitative estimate of drug-likeness (QED) is 0.842. The maximum atomic E-state index is 12.5. The molecule has 0 N–H and O–H groups in total. The smallest absolute Gasteiger partial charge is 0.274 e. The number of aryl methyl sites for hydroxylation is 1. The van der Waals surface area contributed by atoms with Crippen LogP contribution in [0.25, 0.3) is 0 Å². The van der Waals surface area contributed by atoms with Crippen molar-refractivity contribution in [3.63, 3.8) is 0 Å². The van der Waals surface area contributed by atoms with E-state index in [0.717, 1.165) is 31.5 Å². The summed E-state index contributed by atoms with van der Waals surface area (Å²) in [7, 11) is 0. The lowest BCUT2D eigenvalue weighted by molar-refractivity contribution is 0.0753. The summed E-state index contributed by atoms with van der Waals surface area (Å²) in [5.74, 6) is 0.622. The Bertz CT molecular complexity index is 706. The van der Waals surface area contributed by atoms with Crippen molar-refractivity contribution in [1.82, 2.24) is 14.7 Å². The van der Waals surface area contributed by atoms with Gasteiger partial charge in [0.15, 0.2) is 12.4 Å². The maximum absolute atomic E-state index is 12.5. The summed E-state index contributed by atoms with van der Waals surface area (Å²) in [6.07, 6.45) is 6.30. The molecule has 6 heteroatoms. The SMILES string of the molecule is Cc1ccc(Cl)c(OCn2ccc(C(=O)N3CCCCCC3)n2)c1. The summed E-state index contributed by atoms with van der Waals surface area (Å²) < 4.78 is 7.32. The Morgan fingerprint density at radius 3 is 2.71 bits per heavy atom. The third-order valence-corrected chi connectivity index (χ3v) is 4.50. The van der Waals surface area contributed by atoms with E-state index in [1.54, 1.807) is 16.9 Å². The molecule has 0 radical (unpaired) electrons. The number of amides is 1. The summed E-state index contributed by atoms with van der Waals surface area (Å²) >= 11 is 6.12. The number of carbonyl (C=O) groups excluding carboxylic acids is 1. The predicted octanol–water partition coefficient (Wildman–Crippen LogP) is 3.90. The minimum Gasteiger partial charge on any atom is -0.470 e. The van der Waals surface area contributed by atoms with Gasteiger partial charge in [-0.15, -0.1) is 0 Å². The summed E-state index contributed by atoms with van der Waals surface area (Å²) in [5, 5.41) is 4.90. The van der Waals surface area contributed by atoms with E-state index >= 15 is 0 Å². The number of rotatable bonds is 4. The van der Waals surface area contributed by atoms with Crippen LogP contribution in [0.1, 0.15) is 41.7 Å². The monoisotopic (exact) mass is 347 g/mol. The first-order chi connectivity index (χ1) is 11.6. The average Bonchev–Trinajstić information content (AvgIpc) is 2.88. The van der Waals surface area contributed by atoms with Gasteiger partial charge < -0.3 is 9.64 Å². The van der Waals surface area contributed by atoms with E-state index in [1.165, 1.54) is 12.8 Å². The molecule has 2 aromatic rings. The van der Waals surface area contributed by atoms with Crippen molar-refractivity contribution in [2.24, 2.45) is 0 Å². The van der Waals surface area contributed by atoms with Crippen molar-refractivity contribution in [3.05, 3.63) is 46.7 Å². The van der Waals surface area contributed by atoms with Crippen molar-refractivity contribution in [1.29, 1.82) is 0 Å². The third-order valence-electron chi connectivity index (χ3n) is 4.19. The molecule has 1 saturated heterocycles. The Kier molecular flexibility index (Phi) is 5.41. The molecule has 2 heterocycles. The van der Waals surface area contributed by atoms with Crippen molar-refractivity contribution >= 4 is 17.5 Å². The molecule has 1 fully saturated rings. The van der Waals surface area contributed by atoms with Gasteiger partial charge in [-0.3, -0.25) is 4.79 Å². The van der Waals surface area contributed by atoms with Crippen molar-refractivity contribution in [2.75, 3.05) is 13.1 Å². The molecule has 0 spiro atoms. The molecule has 1 aromatic carbocycles. The molecule has 128 valence electrons. The normalized spacial score (nSPS) is 15.2. The van der Waals surface area contributed by atoms with Gasteiger partial charge in [-0.25, -0.2) is 4.68 Å². The highest BCUT2D eigenvalue weighted by atomic mass is 35.5. The lowest BCUT2D eigenvalue weighted by Crippen LogP contribution is -2.32. The summed E-state index contributed by atoms with van der Waals surface area (Å²) in [6.45, 7) is 3.84. The Balaban J connectivity index is 1.62. The fourth-order valence-corrected chi connectivity index (χ4v) is 3.01. The van der Waals surface area contributed by atoms with E-state index in [4.69, 9.17) is 16.3 Å². The number of halogens is 1. The molecule has 1 aliphatic rings. The molecule has 0 unspecified atom stereocenters. The number of likely N-dealkylation sites (tertiary alicyclic amines) is 1. The fraction of sp³-hybridized carbons (Fsp3) is 0.444. The van der Waals surface area contributed by atoms with Crippen LogP contribution >= 0.6 is 11.6 Å². The van der Waals surface area contributed by atoms with Crippen LogP contribution in [0.15, 0.2) is 30.5 Å². The first-order valence-electron chi connectivity index (χ1n) is 8.35. The molecule has 0 atom stereocenters. The lowest BCUT2D eigenvalue weighted by atomic mass is 10.2. The zero-order valence-corrected chi connectivity index (χ0v) is 14.6. The minimum absolute atomic E-state index is 0.00392. The Morgan fingerprint density at radius 2 is 1.96 bits per heavy atom. The van der Waals surface area contributed by atoms with Crippen LogP contribution in [0.4, 0.5) is 0 Å². The molecule has 3 rings (SSSR count). The summed E-state index contributed by atoms with van der Waals surface area (Å²) in [5.41, 5.74) is 1.54. The third kappa shape index (κ3) is 4.09. The standard InChI is InChI=1S/C18H22ClN3O2/c1-14-6-7-15(19)17(12-14)24-13-22-11-8-16(20-22)18(23)21-9-4-2-3-5-10-21/h6-8,11-12H,2-5,9-10,13H2,1H3. The van der Waals surface area contributed by atoms with Crippen LogP contribution in [-0.2, 0) is 6.73 Å². The van der Waals surface area contributed by atoms with Crippen LogP contribution < -0.4 is 4.74 Å². The molecule has 1 aromatic heterocycles. The highest BCUT2D eigenvalue weighted by molar-refractivity contribution is 6.32. The van der Waals surface area contributed by atoms with Gasteiger partial charge in [0.25, 0.3) is 5.91 Å². The van der Waals surface area contributed by atoms with Gasteiger partial charge >= 0.3 is 0 Å². The molecule has 5 nitrogen and oxygen atoms in total.